The number of hydrogen-bond acceptors (Lipinski definition) is 12. The second-order valence-electron chi connectivity index (χ2n) is 11.0. The molecule has 1 aliphatic heterocycles. The first-order valence-electron chi connectivity index (χ1n) is 14.0. The van der Waals surface area contributed by atoms with Crippen LogP contribution in [0.15, 0.2) is 30.3 Å². The number of carbonyl (C=O) groups is 3. The second-order valence-corrected chi connectivity index (χ2v) is 11.0. The number of methoxy groups -OCH3 is 1. The van der Waals surface area contributed by atoms with Crippen LogP contribution in [0.3, 0.4) is 0 Å². The van der Waals surface area contributed by atoms with Crippen LogP contribution < -0.4 is 26.0 Å². The number of para-hydroxylation sites is 1. The van der Waals surface area contributed by atoms with Crippen molar-refractivity contribution in [2.45, 2.75) is 25.4 Å². The minimum absolute atomic E-state index is 0.00180. The minimum Gasteiger partial charge on any atom is -0.494 e. The number of aromatic nitrogens is 4. The summed E-state index contributed by atoms with van der Waals surface area (Å²) < 4.78 is 7.20. The number of carbonyl (C=O) groups excluding carboxylic acids is 3. The highest BCUT2D eigenvalue weighted by molar-refractivity contribution is 6.00. The molecule has 7 N–H and O–H groups in total. The Balaban J connectivity index is 1.42. The molecule has 2 fully saturated rings. The number of anilines is 3. The summed E-state index contributed by atoms with van der Waals surface area (Å²) in [6.45, 7) is 2.50. The van der Waals surface area contributed by atoms with Crippen molar-refractivity contribution in [1.29, 1.82) is 0 Å². The van der Waals surface area contributed by atoms with Crippen LogP contribution in [0.4, 0.5) is 17.2 Å². The fourth-order valence-electron chi connectivity index (χ4n) is 5.04. The average molecular weight is 610 g/mol. The van der Waals surface area contributed by atoms with Crippen molar-refractivity contribution in [1.82, 2.24) is 35.5 Å². The first-order chi connectivity index (χ1) is 20.9. The molecule has 1 atom stereocenters. The summed E-state index contributed by atoms with van der Waals surface area (Å²) in [7, 11) is 5.17. The zero-order chi connectivity index (χ0) is 31.6. The van der Waals surface area contributed by atoms with Gasteiger partial charge in [0.05, 0.1) is 24.2 Å². The number of aliphatic hydroxyl groups is 3. The highest BCUT2D eigenvalue weighted by Gasteiger charge is 2.31. The van der Waals surface area contributed by atoms with Gasteiger partial charge in [-0.3, -0.25) is 24.4 Å². The standard InChI is InChI=1S/C28H35N9O7/c1-36-10-9-15(14-36)13-29-26(39)21-11-19(35-37(21)2)17-5-4-6-18(24(17)44-3)30-20-12-22(31-25(38)16-7-8-16)33-34-23(20)27(40)32-28(41,42)43/h4-6,11-12,15-16,41-43H,7-10,13-14H2,1-3H3,(H,29,39)(H,32,40)(H2,30,31,33,38). The molecule has 1 aliphatic carbocycles. The summed E-state index contributed by atoms with van der Waals surface area (Å²) in [5.41, 5.74) is 1.26. The Labute approximate surface area is 252 Å². The first-order valence-corrected chi connectivity index (χ1v) is 14.0. The fraction of sp³-hybridized carbons (Fsp3) is 0.429. The molecule has 1 aromatic carbocycles. The molecule has 234 valence electrons. The van der Waals surface area contributed by atoms with E-state index in [1.54, 1.807) is 36.6 Å². The van der Waals surface area contributed by atoms with Crippen LogP contribution >= 0.6 is 0 Å². The Morgan fingerprint density at radius 1 is 1.05 bits per heavy atom. The lowest BCUT2D eigenvalue weighted by atomic mass is 10.1. The van der Waals surface area contributed by atoms with E-state index >= 15 is 0 Å². The number of rotatable bonds is 11. The van der Waals surface area contributed by atoms with E-state index in [9.17, 15) is 29.7 Å². The van der Waals surface area contributed by atoms with Gasteiger partial charge >= 0.3 is 6.10 Å². The summed E-state index contributed by atoms with van der Waals surface area (Å²) in [6.07, 6.45) is -0.968. The van der Waals surface area contributed by atoms with Gasteiger partial charge in [0, 0.05) is 37.7 Å². The molecular formula is C28H35N9O7. The number of aryl methyl sites for hydroxylation is 1. The monoisotopic (exact) mass is 609 g/mol. The van der Waals surface area contributed by atoms with Crippen LogP contribution in [-0.2, 0) is 11.8 Å². The fourth-order valence-corrected chi connectivity index (χ4v) is 5.04. The molecule has 2 aliphatic rings. The first kappa shape index (κ1) is 30.8. The number of nitrogens with one attached hydrogen (secondary N) is 4. The van der Waals surface area contributed by atoms with Crippen LogP contribution in [0.25, 0.3) is 11.3 Å². The Kier molecular flexibility index (Phi) is 8.78. The van der Waals surface area contributed by atoms with Gasteiger partial charge in [0.15, 0.2) is 17.3 Å². The number of ether oxygens (including phenoxy) is 1. The predicted molar refractivity (Wildman–Crippen MR) is 157 cm³/mol. The second kappa shape index (κ2) is 12.5. The van der Waals surface area contributed by atoms with E-state index in [1.807, 2.05) is 0 Å². The van der Waals surface area contributed by atoms with Gasteiger partial charge in [0.1, 0.15) is 5.69 Å². The molecule has 3 amide bonds. The third-order valence-corrected chi connectivity index (χ3v) is 7.41. The number of nitrogens with zero attached hydrogens (tertiary/aromatic N) is 5. The molecule has 3 aromatic rings. The molecule has 1 saturated heterocycles. The third kappa shape index (κ3) is 7.28. The smallest absolute Gasteiger partial charge is 0.369 e. The molecule has 1 unspecified atom stereocenters. The van der Waals surface area contributed by atoms with Gasteiger partial charge in [0.2, 0.25) is 5.91 Å². The summed E-state index contributed by atoms with van der Waals surface area (Å²) >= 11 is 0. The van der Waals surface area contributed by atoms with Crippen LogP contribution in [0, 0.1) is 11.8 Å². The van der Waals surface area contributed by atoms with Crippen molar-refractivity contribution in [2.24, 2.45) is 18.9 Å². The van der Waals surface area contributed by atoms with Crippen LogP contribution in [0.5, 0.6) is 5.75 Å². The zero-order valence-corrected chi connectivity index (χ0v) is 24.5. The third-order valence-electron chi connectivity index (χ3n) is 7.41. The molecule has 44 heavy (non-hydrogen) atoms. The topological polar surface area (TPSA) is 216 Å². The maximum atomic E-state index is 13.0. The van der Waals surface area contributed by atoms with Crippen molar-refractivity contribution in [3.05, 3.63) is 41.7 Å². The van der Waals surface area contributed by atoms with E-state index in [1.165, 1.54) is 17.9 Å². The Morgan fingerprint density at radius 2 is 1.82 bits per heavy atom. The largest absolute Gasteiger partial charge is 0.494 e. The van der Waals surface area contributed by atoms with Gasteiger partial charge in [0.25, 0.3) is 11.8 Å². The maximum absolute atomic E-state index is 13.0. The van der Waals surface area contributed by atoms with Crippen molar-refractivity contribution >= 4 is 34.9 Å². The normalized spacial score (nSPS) is 16.8. The summed E-state index contributed by atoms with van der Waals surface area (Å²) in [5, 5.41) is 50.3. The van der Waals surface area contributed by atoms with E-state index in [0.717, 1.165) is 32.4 Å². The number of benzene rings is 1. The van der Waals surface area contributed by atoms with E-state index in [2.05, 4.69) is 43.2 Å². The Morgan fingerprint density at radius 3 is 2.48 bits per heavy atom. The van der Waals surface area contributed by atoms with E-state index in [4.69, 9.17) is 4.74 Å². The van der Waals surface area contributed by atoms with E-state index in [-0.39, 0.29) is 29.2 Å². The van der Waals surface area contributed by atoms with E-state index in [0.29, 0.717) is 40.9 Å². The highest BCUT2D eigenvalue weighted by Crippen LogP contribution is 2.38. The number of likely N-dealkylation sites (tertiary alicyclic amines) is 1. The maximum Gasteiger partial charge on any atom is 0.369 e. The van der Waals surface area contributed by atoms with Gasteiger partial charge in [-0.1, -0.05) is 6.07 Å². The molecule has 16 nitrogen and oxygen atoms in total. The van der Waals surface area contributed by atoms with Crippen LogP contribution in [-0.4, -0.2) is 97.8 Å². The number of amides is 3. The molecule has 5 rings (SSSR count). The van der Waals surface area contributed by atoms with Crippen LogP contribution in [0.1, 0.15) is 40.2 Å². The molecule has 2 aromatic heterocycles. The average Bonchev–Trinajstić information content (AvgIpc) is 3.63. The molecular weight excluding hydrogens is 574 g/mol. The summed E-state index contributed by atoms with van der Waals surface area (Å²) in [4.78, 5) is 40.3. The molecule has 3 heterocycles. The van der Waals surface area contributed by atoms with Gasteiger partial charge in [-0.15, -0.1) is 10.2 Å². The van der Waals surface area contributed by atoms with Gasteiger partial charge in [-0.2, -0.15) is 5.10 Å². The van der Waals surface area contributed by atoms with Crippen molar-refractivity contribution in [2.75, 3.05) is 44.4 Å². The molecule has 0 spiro atoms. The molecule has 16 heteroatoms. The Hall–Kier alpha value is -4.64. The lowest BCUT2D eigenvalue weighted by molar-refractivity contribution is -0.323. The van der Waals surface area contributed by atoms with Crippen molar-refractivity contribution in [3.8, 4) is 17.0 Å². The zero-order valence-electron chi connectivity index (χ0n) is 24.5. The number of hydrogen-bond donors (Lipinski definition) is 7. The summed E-state index contributed by atoms with van der Waals surface area (Å²) in [6, 6.07) is 8.10. The van der Waals surface area contributed by atoms with E-state index < -0.39 is 17.7 Å². The Bertz CT molecular complexity index is 1570. The lowest BCUT2D eigenvalue weighted by Crippen LogP contribution is -2.48. The SMILES string of the molecule is COc1c(Nc2cc(NC(=O)C3CC3)nnc2C(=O)NC(O)(O)O)cccc1-c1cc(C(=O)NCC2CCN(C)C2)n(C)n1. The quantitative estimate of drug-likeness (QED) is 0.143. The van der Waals surface area contributed by atoms with Crippen LogP contribution in [0.2, 0.25) is 0 Å². The minimum atomic E-state index is -3.51. The molecule has 0 bridgehead atoms. The van der Waals surface area contributed by atoms with Gasteiger partial charge in [-0.25, -0.2) is 0 Å². The lowest BCUT2D eigenvalue weighted by Gasteiger charge is -2.18. The molecule has 0 radical (unpaired) electrons. The molecule has 1 saturated carbocycles. The van der Waals surface area contributed by atoms with Gasteiger partial charge in [-0.05, 0) is 57.0 Å². The van der Waals surface area contributed by atoms with Crippen molar-refractivity contribution < 1.29 is 34.4 Å². The van der Waals surface area contributed by atoms with Crippen molar-refractivity contribution in [3.63, 3.8) is 0 Å². The highest BCUT2D eigenvalue weighted by atomic mass is 16.7. The van der Waals surface area contributed by atoms with Gasteiger partial charge < -0.3 is 40.9 Å². The summed E-state index contributed by atoms with van der Waals surface area (Å²) in [5.74, 6) is -1.05. The predicted octanol–water partition coefficient (Wildman–Crippen LogP) is -0.0227.